The first-order chi connectivity index (χ1) is 11.9. The summed E-state index contributed by atoms with van der Waals surface area (Å²) >= 11 is 0. The Balaban J connectivity index is 2.27. The van der Waals surface area contributed by atoms with Gasteiger partial charge in [-0.05, 0) is 38.8 Å². The molecule has 6 heteroatoms. The van der Waals surface area contributed by atoms with Gasteiger partial charge in [-0.15, -0.1) is 0 Å². The van der Waals surface area contributed by atoms with Crippen molar-refractivity contribution in [1.29, 1.82) is 10.5 Å². The maximum Gasteiger partial charge on any atom is 0.293 e. The average molecular weight is 338 g/mol. The molecule has 1 saturated carbocycles. The molecule has 0 radical (unpaired) electrons. The lowest BCUT2D eigenvalue weighted by Gasteiger charge is -2.32. The van der Waals surface area contributed by atoms with Gasteiger partial charge >= 0.3 is 0 Å². The predicted octanol–water partition coefficient (Wildman–Crippen LogP) is 2.52. The molecule has 6 nitrogen and oxygen atoms in total. The number of aryl methyl sites for hydroxylation is 2. The Bertz CT molecular complexity index is 829. The van der Waals surface area contributed by atoms with Crippen molar-refractivity contribution < 1.29 is 9.47 Å². The summed E-state index contributed by atoms with van der Waals surface area (Å²) in [4.78, 5) is 4.35. The molecule has 2 N–H and O–H groups in total. The number of nitrogens with zero attached hydrogens (tertiary/aromatic N) is 3. The van der Waals surface area contributed by atoms with Crippen LogP contribution in [-0.4, -0.2) is 25.0 Å². The summed E-state index contributed by atoms with van der Waals surface area (Å²) in [5, 5.41) is 20.2. The number of aliphatic imine (C=N–C) groups is 1. The summed E-state index contributed by atoms with van der Waals surface area (Å²) in [6.45, 7) is 8.14. The van der Waals surface area contributed by atoms with Crippen LogP contribution in [0.25, 0.3) is 0 Å². The maximum absolute atomic E-state index is 10.2. The van der Waals surface area contributed by atoms with Crippen LogP contribution in [0.5, 0.6) is 0 Å². The predicted molar refractivity (Wildman–Crippen MR) is 92.4 cm³/mol. The molecule has 1 aliphatic heterocycles. The number of benzene rings is 1. The van der Waals surface area contributed by atoms with Crippen molar-refractivity contribution in [2.45, 2.75) is 39.5 Å². The van der Waals surface area contributed by atoms with E-state index in [9.17, 15) is 10.5 Å². The minimum absolute atomic E-state index is 0.115. The summed E-state index contributed by atoms with van der Waals surface area (Å²) in [6, 6.07) is 10.6. The highest BCUT2D eigenvalue weighted by molar-refractivity contribution is 6.00. The first-order valence-electron chi connectivity index (χ1n) is 8.44. The van der Waals surface area contributed by atoms with Crippen LogP contribution >= 0.6 is 0 Å². The van der Waals surface area contributed by atoms with Crippen LogP contribution in [0.3, 0.4) is 0 Å². The number of ether oxygens (including phenoxy) is 2. The zero-order valence-electron chi connectivity index (χ0n) is 15.0. The molecule has 1 aromatic carbocycles. The first-order valence-corrected chi connectivity index (χ1v) is 8.44. The van der Waals surface area contributed by atoms with Gasteiger partial charge in [-0.2, -0.15) is 10.5 Å². The number of nitrogens with two attached hydrogens (primary N) is 1. The Hall–Kier alpha value is -2.41. The van der Waals surface area contributed by atoms with Crippen molar-refractivity contribution in [3.8, 4) is 12.1 Å². The Morgan fingerprint density at radius 1 is 1.16 bits per heavy atom. The average Bonchev–Trinajstić information content (AvgIpc) is 3.16. The minimum atomic E-state index is -1.55. The number of hydrogen-bond acceptors (Lipinski definition) is 6. The molecule has 3 unspecified atom stereocenters. The molecular formula is C19H22N4O2. The fraction of sp³-hybridized carbons (Fsp3) is 0.526. The van der Waals surface area contributed by atoms with Gasteiger partial charge < -0.3 is 15.2 Å². The molecule has 0 saturated heterocycles. The van der Waals surface area contributed by atoms with E-state index in [2.05, 4.69) is 17.1 Å². The third kappa shape index (κ3) is 1.81. The Morgan fingerprint density at radius 3 is 2.32 bits per heavy atom. The number of hydrogen-bond donors (Lipinski definition) is 1. The van der Waals surface area contributed by atoms with Gasteiger partial charge in [0.05, 0.1) is 12.1 Å². The molecule has 3 atom stereocenters. The summed E-state index contributed by atoms with van der Waals surface area (Å²) in [7, 11) is 0. The van der Waals surface area contributed by atoms with Crippen molar-refractivity contribution >= 4 is 5.84 Å². The van der Waals surface area contributed by atoms with Crippen molar-refractivity contribution in [1.82, 2.24) is 0 Å². The van der Waals surface area contributed by atoms with E-state index >= 15 is 0 Å². The Labute approximate surface area is 147 Å². The van der Waals surface area contributed by atoms with Crippen molar-refractivity contribution in [3.63, 3.8) is 0 Å². The van der Waals surface area contributed by atoms with Gasteiger partial charge in [-0.1, -0.05) is 23.8 Å². The lowest BCUT2D eigenvalue weighted by atomic mass is 9.92. The number of fused-ring (bicyclic) bond motifs is 1. The zero-order valence-corrected chi connectivity index (χ0v) is 15.0. The molecule has 1 heterocycles. The van der Waals surface area contributed by atoms with Crippen LogP contribution in [0.1, 0.15) is 36.5 Å². The second-order valence-electron chi connectivity index (χ2n) is 6.58. The summed E-state index contributed by atoms with van der Waals surface area (Å²) in [6.07, 6.45) is 0. The Kier molecular flexibility index (Phi) is 3.87. The molecule has 0 aromatic heterocycles. The summed E-state index contributed by atoms with van der Waals surface area (Å²) < 4.78 is 11.7. The number of rotatable bonds is 5. The van der Waals surface area contributed by atoms with Crippen LogP contribution in [0.2, 0.25) is 0 Å². The molecule has 0 amide bonds. The third-order valence-corrected chi connectivity index (χ3v) is 5.35. The highest BCUT2D eigenvalue weighted by Gasteiger charge is 2.93. The monoisotopic (exact) mass is 338 g/mol. The van der Waals surface area contributed by atoms with Gasteiger partial charge in [-0.25, -0.2) is 4.99 Å². The number of nitriles is 2. The van der Waals surface area contributed by atoms with E-state index in [0.717, 1.165) is 16.7 Å². The molecule has 3 rings (SSSR count). The van der Waals surface area contributed by atoms with Gasteiger partial charge in [0.25, 0.3) is 5.91 Å². The lowest BCUT2D eigenvalue weighted by Crippen LogP contribution is -2.43. The quantitative estimate of drug-likeness (QED) is 0.831. The maximum atomic E-state index is 10.2. The highest BCUT2D eigenvalue weighted by atomic mass is 16.7. The fourth-order valence-corrected chi connectivity index (χ4v) is 4.29. The van der Waals surface area contributed by atoms with Gasteiger partial charge in [0.1, 0.15) is 11.3 Å². The lowest BCUT2D eigenvalue weighted by molar-refractivity contribution is -0.255. The minimum Gasteiger partial charge on any atom is -0.386 e. The van der Waals surface area contributed by atoms with Crippen molar-refractivity contribution in [2.75, 3.05) is 13.2 Å². The van der Waals surface area contributed by atoms with E-state index in [4.69, 9.17) is 15.2 Å². The van der Waals surface area contributed by atoms with Crippen molar-refractivity contribution in [2.24, 2.45) is 21.6 Å². The normalized spacial score (nSPS) is 31.6. The molecule has 1 aromatic rings. The topological polar surface area (TPSA) is 104 Å². The second-order valence-corrected chi connectivity index (χ2v) is 6.58. The van der Waals surface area contributed by atoms with E-state index in [1.165, 1.54) is 0 Å². The first kappa shape index (κ1) is 17.4. The fourth-order valence-electron chi connectivity index (χ4n) is 4.29. The SMILES string of the molecule is CCOC1(OCC)N=C(N)C2(C#N)C(c3cc(C)ccc3C)C12C#N. The number of amidine groups is 1. The third-order valence-electron chi connectivity index (χ3n) is 5.35. The molecule has 25 heavy (non-hydrogen) atoms. The van der Waals surface area contributed by atoms with E-state index in [1.54, 1.807) is 13.8 Å². The zero-order chi connectivity index (χ0) is 18.5. The molecule has 2 aliphatic rings. The molecule has 130 valence electrons. The molecule has 1 fully saturated rings. The second kappa shape index (κ2) is 5.56. The summed E-state index contributed by atoms with van der Waals surface area (Å²) in [5.41, 5.74) is 6.66. The van der Waals surface area contributed by atoms with Gasteiger partial charge in [0.15, 0.2) is 5.41 Å². The smallest absolute Gasteiger partial charge is 0.293 e. The van der Waals surface area contributed by atoms with Crippen LogP contribution in [0, 0.1) is 47.3 Å². The van der Waals surface area contributed by atoms with E-state index in [1.807, 2.05) is 32.0 Å². The van der Waals surface area contributed by atoms with Crippen LogP contribution in [0.15, 0.2) is 23.2 Å². The van der Waals surface area contributed by atoms with E-state index in [0.29, 0.717) is 13.2 Å². The molecule has 0 spiro atoms. The van der Waals surface area contributed by atoms with Crippen LogP contribution in [-0.2, 0) is 9.47 Å². The van der Waals surface area contributed by atoms with E-state index < -0.39 is 22.7 Å². The molecule has 1 aliphatic carbocycles. The van der Waals surface area contributed by atoms with Crippen molar-refractivity contribution in [3.05, 3.63) is 34.9 Å². The van der Waals surface area contributed by atoms with Crippen LogP contribution < -0.4 is 5.73 Å². The van der Waals surface area contributed by atoms with E-state index in [-0.39, 0.29) is 5.84 Å². The van der Waals surface area contributed by atoms with Gasteiger partial charge in [0, 0.05) is 19.1 Å². The van der Waals surface area contributed by atoms with Gasteiger partial charge in [-0.3, -0.25) is 0 Å². The van der Waals surface area contributed by atoms with Crippen LogP contribution in [0.4, 0.5) is 0 Å². The molecular weight excluding hydrogens is 316 g/mol. The highest BCUT2D eigenvalue weighted by Crippen LogP contribution is 2.82. The van der Waals surface area contributed by atoms with Gasteiger partial charge in [0.2, 0.25) is 0 Å². The summed E-state index contributed by atoms with van der Waals surface area (Å²) in [5.74, 6) is -1.87. The largest absolute Gasteiger partial charge is 0.386 e. The Morgan fingerprint density at radius 2 is 1.80 bits per heavy atom. The standard InChI is InChI=1S/C19H22N4O2/c1-5-24-19(25-6-2)18(11-21)15(17(18,10-20)16(22)23-19)14-9-12(3)7-8-13(14)4/h7-9,15H,5-6H2,1-4H3,(H2,22,23). The molecule has 0 bridgehead atoms.